The number of aromatic nitrogens is 2. The fourth-order valence-electron chi connectivity index (χ4n) is 2.06. The van der Waals surface area contributed by atoms with Crippen LogP contribution in [-0.2, 0) is 0 Å². The first-order valence-corrected chi connectivity index (χ1v) is 6.90. The molecule has 0 fully saturated rings. The maximum Gasteiger partial charge on any atom is 0.161 e. The summed E-state index contributed by atoms with van der Waals surface area (Å²) in [7, 11) is 1.65. The molecule has 0 radical (unpaired) electrons. The molecule has 2 N–H and O–H groups in total. The summed E-state index contributed by atoms with van der Waals surface area (Å²) in [5.74, 6) is 0.752. The number of methoxy groups -OCH3 is 1. The Balaban J connectivity index is 2.49. The molecule has 2 aromatic rings. The van der Waals surface area contributed by atoms with Crippen molar-refractivity contribution < 1.29 is 4.74 Å². The lowest BCUT2D eigenvalue weighted by molar-refractivity contribution is 0.401. The molecule has 18 heavy (non-hydrogen) atoms. The first kappa shape index (κ1) is 13.1. The van der Waals surface area contributed by atoms with Crippen LogP contribution in [0.4, 0.5) is 0 Å². The SMILES string of the molecule is COc1cnn(C(C)C)c1C(N)c1cscc1C. The van der Waals surface area contributed by atoms with Crippen molar-refractivity contribution in [1.29, 1.82) is 0 Å². The molecule has 0 amide bonds. The standard InChI is InChI=1S/C13H19N3OS/c1-8(2)16-13(11(17-4)5-15-16)12(14)10-7-18-6-9(10)3/h5-8,12H,14H2,1-4H3. The molecule has 0 aromatic carbocycles. The van der Waals surface area contributed by atoms with Gasteiger partial charge in [0.05, 0.1) is 19.3 Å². The van der Waals surface area contributed by atoms with Crippen molar-refractivity contribution >= 4 is 11.3 Å². The molecule has 2 aromatic heterocycles. The Kier molecular flexibility index (Phi) is 3.73. The van der Waals surface area contributed by atoms with Crippen LogP contribution in [-0.4, -0.2) is 16.9 Å². The fourth-order valence-corrected chi connectivity index (χ4v) is 2.94. The second-order valence-electron chi connectivity index (χ2n) is 4.62. The molecule has 2 heterocycles. The molecule has 98 valence electrons. The average molecular weight is 265 g/mol. The zero-order chi connectivity index (χ0) is 13.3. The summed E-state index contributed by atoms with van der Waals surface area (Å²) in [6, 6.07) is 0.0602. The normalized spacial score (nSPS) is 13.0. The van der Waals surface area contributed by atoms with E-state index in [1.165, 1.54) is 5.56 Å². The number of thiophene rings is 1. The first-order chi connectivity index (χ1) is 8.56. The minimum absolute atomic E-state index is 0.198. The Morgan fingerprint density at radius 2 is 2.11 bits per heavy atom. The largest absolute Gasteiger partial charge is 0.493 e. The minimum Gasteiger partial charge on any atom is -0.493 e. The molecule has 0 spiro atoms. The van der Waals surface area contributed by atoms with Crippen molar-refractivity contribution in [2.45, 2.75) is 32.9 Å². The minimum atomic E-state index is -0.198. The van der Waals surface area contributed by atoms with Gasteiger partial charge in [0.2, 0.25) is 0 Å². The molecule has 1 unspecified atom stereocenters. The molecule has 0 aliphatic carbocycles. The van der Waals surface area contributed by atoms with Gasteiger partial charge in [-0.15, -0.1) is 0 Å². The molecule has 5 heteroatoms. The molecule has 0 aliphatic rings. The highest BCUT2D eigenvalue weighted by molar-refractivity contribution is 7.08. The van der Waals surface area contributed by atoms with E-state index in [1.54, 1.807) is 24.6 Å². The van der Waals surface area contributed by atoms with Crippen molar-refractivity contribution in [3.63, 3.8) is 0 Å². The van der Waals surface area contributed by atoms with Gasteiger partial charge in [-0.3, -0.25) is 4.68 Å². The summed E-state index contributed by atoms with van der Waals surface area (Å²) in [6.07, 6.45) is 1.73. The average Bonchev–Trinajstić information content (AvgIpc) is 2.93. The van der Waals surface area contributed by atoms with Gasteiger partial charge < -0.3 is 10.5 Å². The number of nitrogens with two attached hydrogens (primary N) is 1. The lowest BCUT2D eigenvalue weighted by atomic mass is 10.0. The van der Waals surface area contributed by atoms with Crippen LogP contribution < -0.4 is 10.5 Å². The maximum atomic E-state index is 6.39. The summed E-state index contributed by atoms with van der Waals surface area (Å²) in [6.45, 7) is 6.25. The first-order valence-electron chi connectivity index (χ1n) is 5.96. The van der Waals surface area contributed by atoms with Crippen LogP contribution in [0.3, 0.4) is 0 Å². The highest BCUT2D eigenvalue weighted by atomic mass is 32.1. The monoisotopic (exact) mass is 265 g/mol. The van der Waals surface area contributed by atoms with E-state index in [4.69, 9.17) is 10.5 Å². The zero-order valence-corrected chi connectivity index (χ0v) is 12.0. The quantitative estimate of drug-likeness (QED) is 0.924. The van der Waals surface area contributed by atoms with Gasteiger partial charge in [-0.1, -0.05) is 0 Å². The van der Waals surface area contributed by atoms with Gasteiger partial charge in [0.15, 0.2) is 5.75 Å². The van der Waals surface area contributed by atoms with Gasteiger partial charge in [0.25, 0.3) is 0 Å². The molecular formula is C13H19N3OS. The molecule has 4 nitrogen and oxygen atoms in total. The zero-order valence-electron chi connectivity index (χ0n) is 11.2. The van der Waals surface area contributed by atoms with Gasteiger partial charge >= 0.3 is 0 Å². The predicted molar refractivity (Wildman–Crippen MR) is 74.3 cm³/mol. The Bertz CT molecular complexity index is 530. The van der Waals surface area contributed by atoms with Crippen LogP contribution in [0, 0.1) is 6.92 Å². The Morgan fingerprint density at radius 3 is 2.61 bits per heavy atom. The smallest absolute Gasteiger partial charge is 0.161 e. The molecular weight excluding hydrogens is 246 g/mol. The second kappa shape index (κ2) is 5.12. The molecule has 0 aliphatic heterocycles. The lowest BCUT2D eigenvalue weighted by Gasteiger charge is -2.18. The van der Waals surface area contributed by atoms with E-state index in [9.17, 15) is 0 Å². The summed E-state index contributed by atoms with van der Waals surface area (Å²) < 4.78 is 7.31. The van der Waals surface area contributed by atoms with Crippen molar-refractivity contribution in [2.24, 2.45) is 5.73 Å². The van der Waals surface area contributed by atoms with Gasteiger partial charge in [0, 0.05) is 6.04 Å². The van der Waals surface area contributed by atoms with Crippen LogP contribution in [0.2, 0.25) is 0 Å². The summed E-state index contributed by atoms with van der Waals surface area (Å²) in [4.78, 5) is 0. The topological polar surface area (TPSA) is 53.1 Å². The summed E-state index contributed by atoms with van der Waals surface area (Å²) >= 11 is 1.67. The van der Waals surface area contributed by atoms with Crippen molar-refractivity contribution in [3.8, 4) is 5.75 Å². The van der Waals surface area contributed by atoms with E-state index in [0.717, 1.165) is 17.0 Å². The van der Waals surface area contributed by atoms with Gasteiger partial charge in [-0.05, 0) is 42.7 Å². The molecule has 1 atom stereocenters. The van der Waals surface area contributed by atoms with Crippen molar-refractivity contribution in [2.75, 3.05) is 7.11 Å². The Labute approximate surface area is 111 Å². The van der Waals surface area contributed by atoms with E-state index >= 15 is 0 Å². The molecule has 2 rings (SSSR count). The van der Waals surface area contributed by atoms with Gasteiger partial charge in [0.1, 0.15) is 5.69 Å². The lowest BCUT2D eigenvalue weighted by Crippen LogP contribution is -2.19. The van der Waals surface area contributed by atoms with E-state index < -0.39 is 0 Å². The van der Waals surface area contributed by atoms with Crippen LogP contribution in [0.1, 0.15) is 42.8 Å². The molecule has 0 saturated carbocycles. The fraction of sp³-hybridized carbons (Fsp3) is 0.462. The van der Waals surface area contributed by atoms with E-state index in [1.807, 2.05) is 4.68 Å². The van der Waals surface area contributed by atoms with Crippen LogP contribution in [0.25, 0.3) is 0 Å². The van der Waals surface area contributed by atoms with Crippen molar-refractivity contribution in [1.82, 2.24) is 9.78 Å². The number of rotatable bonds is 4. The molecule has 0 saturated heterocycles. The number of hydrogen-bond acceptors (Lipinski definition) is 4. The number of nitrogens with zero attached hydrogens (tertiary/aromatic N) is 2. The van der Waals surface area contributed by atoms with E-state index in [0.29, 0.717) is 0 Å². The van der Waals surface area contributed by atoms with Gasteiger partial charge in [-0.2, -0.15) is 16.4 Å². The third kappa shape index (κ3) is 2.15. The number of aryl methyl sites for hydroxylation is 1. The van der Waals surface area contributed by atoms with E-state index in [2.05, 4.69) is 36.6 Å². The van der Waals surface area contributed by atoms with Gasteiger partial charge in [-0.25, -0.2) is 0 Å². The third-order valence-electron chi connectivity index (χ3n) is 3.03. The van der Waals surface area contributed by atoms with Crippen LogP contribution >= 0.6 is 11.3 Å². The Hall–Kier alpha value is -1.33. The maximum absolute atomic E-state index is 6.39. The summed E-state index contributed by atoms with van der Waals surface area (Å²) in [5.41, 5.74) is 9.68. The Morgan fingerprint density at radius 1 is 1.39 bits per heavy atom. The highest BCUT2D eigenvalue weighted by Gasteiger charge is 2.23. The van der Waals surface area contributed by atoms with Crippen LogP contribution in [0.15, 0.2) is 17.0 Å². The highest BCUT2D eigenvalue weighted by Crippen LogP contribution is 2.32. The number of hydrogen-bond donors (Lipinski definition) is 1. The van der Waals surface area contributed by atoms with Crippen molar-refractivity contribution in [3.05, 3.63) is 33.8 Å². The van der Waals surface area contributed by atoms with E-state index in [-0.39, 0.29) is 12.1 Å². The third-order valence-corrected chi connectivity index (χ3v) is 3.91. The van der Waals surface area contributed by atoms with Crippen LogP contribution in [0.5, 0.6) is 5.75 Å². The summed E-state index contributed by atoms with van der Waals surface area (Å²) in [5, 5.41) is 8.57. The molecule has 0 bridgehead atoms. The number of ether oxygens (including phenoxy) is 1. The predicted octanol–water partition coefficient (Wildman–Crippen LogP) is 2.89. The second-order valence-corrected chi connectivity index (χ2v) is 5.37.